The first-order valence-electron chi connectivity index (χ1n) is 5.56. The van der Waals surface area contributed by atoms with E-state index in [1.807, 2.05) is 6.08 Å². The molecule has 0 aliphatic carbocycles. The molecule has 1 aliphatic heterocycles. The summed E-state index contributed by atoms with van der Waals surface area (Å²) >= 11 is 0. The fourth-order valence-electron chi connectivity index (χ4n) is 1.45. The highest BCUT2D eigenvalue weighted by Crippen LogP contribution is 2.11. The van der Waals surface area contributed by atoms with Crippen LogP contribution in [-0.2, 0) is 9.59 Å². The Kier molecular flexibility index (Phi) is 5.35. The number of nitrogens with two attached hydrogens (primary N) is 1. The molecule has 0 saturated heterocycles. The van der Waals surface area contributed by atoms with Gasteiger partial charge in [-0.25, -0.2) is 0 Å². The van der Waals surface area contributed by atoms with Crippen molar-refractivity contribution >= 4 is 18.1 Å². The molecular formula is C11H17N3O3. The van der Waals surface area contributed by atoms with Crippen LogP contribution in [0, 0.1) is 0 Å². The van der Waals surface area contributed by atoms with Gasteiger partial charge in [-0.2, -0.15) is 0 Å². The minimum absolute atomic E-state index is 0.0466. The maximum atomic E-state index is 11.5. The number of amides is 1. The van der Waals surface area contributed by atoms with Gasteiger partial charge >= 0.3 is 5.97 Å². The Morgan fingerprint density at radius 2 is 2.35 bits per heavy atom. The van der Waals surface area contributed by atoms with Crippen molar-refractivity contribution in [3.05, 3.63) is 11.8 Å². The van der Waals surface area contributed by atoms with Crippen LogP contribution in [0.3, 0.4) is 0 Å². The Balaban J connectivity index is 2.18. The second kappa shape index (κ2) is 6.80. The first-order valence-corrected chi connectivity index (χ1v) is 5.56. The number of carboxylic acids is 1. The zero-order valence-electron chi connectivity index (χ0n) is 9.56. The number of aliphatic imine (C=N–C) groups is 1. The van der Waals surface area contributed by atoms with E-state index in [9.17, 15) is 9.59 Å². The molecule has 94 valence electrons. The lowest BCUT2D eigenvalue weighted by molar-refractivity contribution is -0.137. The highest BCUT2D eigenvalue weighted by molar-refractivity contribution is 5.82. The van der Waals surface area contributed by atoms with E-state index in [-0.39, 0.29) is 12.3 Å². The fourth-order valence-corrected chi connectivity index (χ4v) is 1.45. The molecule has 6 nitrogen and oxygen atoms in total. The molecule has 0 radical (unpaired) electrons. The van der Waals surface area contributed by atoms with Gasteiger partial charge in [0.1, 0.15) is 0 Å². The number of hydrogen-bond donors (Lipinski definition) is 3. The van der Waals surface area contributed by atoms with E-state index in [1.165, 1.54) is 0 Å². The van der Waals surface area contributed by atoms with Crippen molar-refractivity contribution in [2.24, 2.45) is 10.7 Å². The normalized spacial score (nSPS) is 15.5. The van der Waals surface area contributed by atoms with Crippen LogP contribution < -0.4 is 11.1 Å². The lowest BCUT2D eigenvalue weighted by atomic mass is 10.1. The van der Waals surface area contributed by atoms with Crippen LogP contribution in [0.15, 0.2) is 16.8 Å². The smallest absolute Gasteiger partial charge is 0.303 e. The van der Waals surface area contributed by atoms with Crippen LogP contribution in [0.5, 0.6) is 0 Å². The zero-order chi connectivity index (χ0) is 12.7. The SMILES string of the molecule is NC(CC1=CCC=N1)C(=O)NCCCC(=O)O. The third-order valence-electron chi connectivity index (χ3n) is 2.35. The molecule has 0 fully saturated rings. The van der Waals surface area contributed by atoms with Crippen molar-refractivity contribution in [3.63, 3.8) is 0 Å². The fraction of sp³-hybridized carbons (Fsp3) is 0.545. The van der Waals surface area contributed by atoms with Gasteiger partial charge in [-0.15, -0.1) is 0 Å². The van der Waals surface area contributed by atoms with Gasteiger partial charge in [0, 0.05) is 37.7 Å². The molecule has 0 saturated carbocycles. The lowest BCUT2D eigenvalue weighted by Gasteiger charge is -2.11. The second-order valence-electron chi connectivity index (χ2n) is 3.84. The van der Waals surface area contributed by atoms with E-state index >= 15 is 0 Å². The summed E-state index contributed by atoms with van der Waals surface area (Å²) in [6, 6.07) is -0.624. The topological polar surface area (TPSA) is 105 Å². The van der Waals surface area contributed by atoms with Crippen LogP contribution >= 0.6 is 0 Å². The molecule has 1 unspecified atom stereocenters. The first-order chi connectivity index (χ1) is 8.09. The van der Waals surface area contributed by atoms with E-state index in [1.54, 1.807) is 6.21 Å². The monoisotopic (exact) mass is 239 g/mol. The molecule has 0 spiro atoms. The molecule has 1 atom stereocenters. The largest absolute Gasteiger partial charge is 0.481 e. The summed E-state index contributed by atoms with van der Waals surface area (Å²) in [5.41, 5.74) is 6.53. The van der Waals surface area contributed by atoms with E-state index in [0.29, 0.717) is 19.4 Å². The molecule has 1 heterocycles. The molecule has 1 rings (SSSR count). The van der Waals surface area contributed by atoms with Crippen molar-refractivity contribution in [2.45, 2.75) is 31.7 Å². The molecule has 1 aliphatic rings. The van der Waals surface area contributed by atoms with Gasteiger partial charge in [-0.05, 0) is 6.42 Å². The lowest BCUT2D eigenvalue weighted by Crippen LogP contribution is -2.41. The van der Waals surface area contributed by atoms with Gasteiger partial charge in [0.25, 0.3) is 0 Å². The molecule has 0 bridgehead atoms. The quantitative estimate of drug-likeness (QED) is 0.545. The van der Waals surface area contributed by atoms with Crippen molar-refractivity contribution < 1.29 is 14.7 Å². The van der Waals surface area contributed by atoms with Crippen molar-refractivity contribution in [3.8, 4) is 0 Å². The van der Waals surface area contributed by atoms with E-state index in [4.69, 9.17) is 10.8 Å². The average Bonchev–Trinajstić information content (AvgIpc) is 2.76. The Morgan fingerprint density at radius 3 is 2.94 bits per heavy atom. The summed E-state index contributed by atoms with van der Waals surface area (Å²) in [5.74, 6) is -1.13. The predicted molar refractivity (Wildman–Crippen MR) is 63.7 cm³/mol. The highest BCUT2D eigenvalue weighted by atomic mass is 16.4. The maximum absolute atomic E-state index is 11.5. The predicted octanol–water partition coefficient (Wildman–Crippen LogP) is 0.0432. The van der Waals surface area contributed by atoms with Gasteiger partial charge in [0.15, 0.2) is 0 Å². The standard InChI is InChI=1S/C11H17N3O3/c12-9(7-8-3-1-5-13-8)11(17)14-6-2-4-10(15)16/h3,5,9H,1-2,4,6-7,12H2,(H,14,17)(H,15,16). The summed E-state index contributed by atoms with van der Waals surface area (Å²) in [6.07, 6.45) is 5.37. The van der Waals surface area contributed by atoms with E-state index in [2.05, 4.69) is 10.3 Å². The summed E-state index contributed by atoms with van der Waals surface area (Å²) in [5, 5.41) is 11.0. The Labute approximate surface area is 99.6 Å². The van der Waals surface area contributed by atoms with Crippen molar-refractivity contribution in [2.75, 3.05) is 6.54 Å². The van der Waals surface area contributed by atoms with Crippen molar-refractivity contribution in [1.82, 2.24) is 5.32 Å². The number of carbonyl (C=O) groups excluding carboxylic acids is 1. The van der Waals surface area contributed by atoms with Gasteiger partial charge in [0.2, 0.25) is 5.91 Å². The molecular weight excluding hydrogens is 222 g/mol. The third kappa shape index (κ3) is 5.26. The van der Waals surface area contributed by atoms with Gasteiger partial charge in [0.05, 0.1) is 6.04 Å². The molecule has 17 heavy (non-hydrogen) atoms. The van der Waals surface area contributed by atoms with Crippen LogP contribution in [0.2, 0.25) is 0 Å². The summed E-state index contributed by atoms with van der Waals surface area (Å²) < 4.78 is 0. The second-order valence-corrected chi connectivity index (χ2v) is 3.84. The molecule has 4 N–H and O–H groups in total. The Morgan fingerprint density at radius 1 is 1.59 bits per heavy atom. The van der Waals surface area contributed by atoms with Gasteiger partial charge in [-0.3, -0.25) is 14.6 Å². The van der Waals surface area contributed by atoms with Gasteiger partial charge in [-0.1, -0.05) is 6.08 Å². The number of allylic oxidation sites excluding steroid dienone is 1. The molecule has 6 heteroatoms. The van der Waals surface area contributed by atoms with Crippen molar-refractivity contribution in [1.29, 1.82) is 0 Å². The number of nitrogens with zero attached hydrogens (tertiary/aromatic N) is 1. The molecule has 0 aromatic heterocycles. The number of aliphatic carboxylic acids is 1. The highest BCUT2D eigenvalue weighted by Gasteiger charge is 2.15. The zero-order valence-corrected chi connectivity index (χ0v) is 9.56. The number of hydrogen-bond acceptors (Lipinski definition) is 4. The number of nitrogens with one attached hydrogen (secondary N) is 1. The van der Waals surface area contributed by atoms with E-state index < -0.39 is 12.0 Å². The third-order valence-corrected chi connectivity index (χ3v) is 2.35. The minimum atomic E-state index is -0.867. The molecule has 0 aromatic rings. The summed E-state index contributed by atoms with van der Waals surface area (Å²) in [6.45, 7) is 0.334. The Hall–Kier alpha value is -1.69. The van der Waals surface area contributed by atoms with Crippen LogP contribution in [0.4, 0.5) is 0 Å². The number of carbonyl (C=O) groups is 2. The van der Waals surface area contributed by atoms with Crippen LogP contribution in [-0.4, -0.2) is 35.8 Å². The maximum Gasteiger partial charge on any atom is 0.303 e. The molecule has 0 aromatic carbocycles. The summed E-state index contributed by atoms with van der Waals surface area (Å²) in [4.78, 5) is 25.8. The van der Waals surface area contributed by atoms with Gasteiger partial charge < -0.3 is 16.2 Å². The number of rotatable bonds is 7. The first kappa shape index (κ1) is 13.4. The summed E-state index contributed by atoms with van der Waals surface area (Å²) in [7, 11) is 0. The van der Waals surface area contributed by atoms with E-state index in [0.717, 1.165) is 12.1 Å². The van der Waals surface area contributed by atoms with Crippen LogP contribution in [0.25, 0.3) is 0 Å². The minimum Gasteiger partial charge on any atom is -0.481 e. The Bertz CT molecular complexity index is 350. The average molecular weight is 239 g/mol. The molecule has 1 amide bonds. The number of carboxylic acid groups (broad SMARTS) is 1. The van der Waals surface area contributed by atoms with Crippen LogP contribution in [0.1, 0.15) is 25.7 Å².